The van der Waals surface area contributed by atoms with Crippen molar-refractivity contribution in [1.29, 1.82) is 0 Å². The summed E-state index contributed by atoms with van der Waals surface area (Å²) in [6.45, 7) is 10.0. The topological polar surface area (TPSA) is 63.2 Å². The Bertz CT molecular complexity index is 1090. The van der Waals surface area contributed by atoms with E-state index >= 15 is 0 Å². The molecule has 0 saturated heterocycles. The first-order valence-corrected chi connectivity index (χ1v) is 11.9. The number of carbonyl (C=O) groups is 1. The maximum absolute atomic E-state index is 11.3. The summed E-state index contributed by atoms with van der Waals surface area (Å²) in [5.74, 6) is 1.30. The van der Waals surface area contributed by atoms with Gasteiger partial charge in [-0.2, -0.15) is 0 Å². The summed E-state index contributed by atoms with van der Waals surface area (Å²) in [6.07, 6.45) is 0.854. The van der Waals surface area contributed by atoms with Crippen LogP contribution in [0.4, 0.5) is 0 Å². The first-order valence-electron chi connectivity index (χ1n) is 11.9. The molecule has 0 aliphatic carbocycles. The largest absolute Gasteiger partial charge is 0.493 e. The summed E-state index contributed by atoms with van der Waals surface area (Å²) in [5.41, 5.74) is 2.65. The van der Waals surface area contributed by atoms with Crippen molar-refractivity contribution in [3.8, 4) is 11.5 Å². The van der Waals surface area contributed by atoms with Crippen molar-refractivity contribution >= 4 is 16.7 Å². The minimum atomic E-state index is -0.406. The van der Waals surface area contributed by atoms with Gasteiger partial charge in [-0.1, -0.05) is 61.2 Å². The molecule has 0 atom stereocenters. The number of esters is 1. The predicted molar refractivity (Wildman–Crippen MR) is 137 cm³/mol. The van der Waals surface area contributed by atoms with Gasteiger partial charge in [0.05, 0.1) is 33.0 Å². The summed E-state index contributed by atoms with van der Waals surface area (Å²) >= 11 is 0. The standard InChI is InChI=1S/C29H34O6/c1-22(2)29(30)35-20-18-32-16-15-31-17-19-34-28-23(3)21-27(25-11-7-8-12-26(25)28)33-14-13-24-9-5-4-6-10-24/h4-12,21H,1,13-20H2,2-3H3. The highest BCUT2D eigenvalue weighted by Gasteiger charge is 2.12. The summed E-state index contributed by atoms with van der Waals surface area (Å²) in [7, 11) is 0. The van der Waals surface area contributed by atoms with Crippen molar-refractivity contribution in [3.63, 3.8) is 0 Å². The third-order valence-corrected chi connectivity index (χ3v) is 5.29. The lowest BCUT2D eigenvalue weighted by molar-refractivity contribution is -0.140. The number of aryl methyl sites for hydroxylation is 1. The van der Waals surface area contributed by atoms with Crippen molar-refractivity contribution < 1.29 is 28.5 Å². The van der Waals surface area contributed by atoms with E-state index in [-0.39, 0.29) is 6.61 Å². The zero-order valence-corrected chi connectivity index (χ0v) is 20.6. The van der Waals surface area contributed by atoms with Crippen LogP contribution in [0.2, 0.25) is 0 Å². The van der Waals surface area contributed by atoms with Crippen LogP contribution in [0, 0.1) is 6.92 Å². The number of rotatable bonds is 15. The average molecular weight is 479 g/mol. The molecular weight excluding hydrogens is 444 g/mol. The molecule has 6 heteroatoms. The zero-order chi connectivity index (χ0) is 24.9. The molecule has 3 aromatic rings. The van der Waals surface area contributed by atoms with Crippen molar-refractivity contribution in [1.82, 2.24) is 0 Å². The van der Waals surface area contributed by atoms with Gasteiger partial charge >= 0.3 is 5.97 Å². The van der Waals surface area contributed by atoms with E-state index in [1.54, 1.807) is 6.92 Å². The fraction of sp³-hybridized carbons (Fsp3) is 0.345. The van der Waals surface area contributed by atoms with Crippen LogP contribution in [0.5, 0.6) is 11.5 Å². The Labute approximate surface area is 207 Å². The van der Waals surface area contributed by atoms with Crippen LogP contribution in [0.1, 0.15) is 18.1 Å². The van der Waals surface area contributed by atoms with Gasteiger partial charge < -0.3 is 23.7 Å². The molecule has 0 fully saturated rings. The van der Waals surface area contributed by atoms with Crippen LogP contribution in [-0.2, 0) is 25.4 Å². The molecule has 0 spiro atoms. The molecule has 0 bridgehead atoms. The summed E-state index contributed by atoms with van der Waals surface area (Å²) in [4.78, 5) is 11.3. The van der Waals surface area contributed by atoms with E-state index in [4.69, 9.17) is 23.7 Å². The molecule has 35 heavy (non-hydrogen) atoms. The van der Waals surface area contributed by atoms with Crippen molar-refractivity contribution in [2.45, 2.75) is 20.3 Å². The molecule has 3 aromatic carbocycles. The van der Waals surface area contributed by atoms with Crippen molar-refractivity contribution in [2.75, 3.05) is 46.2 Å². The lowest BCUT2D eigenvalue weighted by atomic mass is 10.0. The number of carbonyl (C=O) groups excluding carboxylic acids is 1. The molecular formula is C29H34O6. The van der Waals surface area contributed by atoms with Crippen molar-refractivity contribution in [2.24, 2.45) is 0 Å². The van der Waals surface area contributed by atoms with E-state index in [0.717, 1.165) is 34.3 Å². The highest BCUT2D eigenvalue weighted by atomic mass is 16.6. The Hall–Kier alpha value is -3.35. The van der Waals surface area contributed by atoms with Gasteiger partial charge in [0.15, 0.2) is 0 Å². The normalized spacial score (nSPS) is 10.8. The van der Waals surface area contributed by atoms with E-state index in [1.807, 2.05) is 43.3 Å². The maximum atomic E-state index is 11.3. The van der Waals surface area contributed by atoms with Crippen LogP contribution < -0.4 is 9.47 Å². The first kappa shape index (κ1) is 26.3. The fourth-order valence-electron chi connectivity index (χ4n) is 3.52. The smallest absolute Gasteiger partial charge is 0.333 e. The molecule has 0 aliphatic rings. The monoisotopic (exact) mass is 478 g/mol. The predicted octanol–water partition coefficient (Wildman–Crippen LogP) is 5.30. The van der Waals surface area contributed by atoms with Crippen LogP contribution in [0.15, 0.2) is 72.8 Å². The molecule has 0 heterocycles. The van der Waals surface area contributed by atoms with Gasteiger partial charge in [-0.25, -0.2) is 4.79 Å². The van der Waals surface area contributed by atoms with Gasteiger partial charge in [-0.05, 0) is 31.0 Å². The van der Waals surface area contributed by atoms with Gasteiger partial charge in [0.1, 0.15) is 24.7 Å². The quantitative estimate of drug-likeness (QED) is 0.168. The molecule has 3 rings (SSSR count). The number of fused-ring (bicyclic) bond motifs is 1. The van der Waals surface area contributed by atoms with Gasteiger partial charge in [0.25, 0.3) is 0 Å². The second-order valence-electron chi connectivity index (χ2n) is 8.14. The Morgan fingerprint density at radius 2 is 1.40 bits per heavy atom. The van der Waals surface area contributed by atoms with E-state index in [1.165, 1.54) is 5.56 Å². The molecule has 0 amide bonds. The Morgan fingerprint density at radius 1 is 0.771 bits per heavy atom. The molecule has 0 aromatic heterocycles. The minimum Gasteiger partial charge on any atom is -0.493 e. The molecule has 0 N–H and O–H groups in total. The zero-order valence-electron chi connectivity index (χ0n) is 20.6. The number of benzene rings is 3. The number of hydrogen-bond acceptors (Lipinski definition) is 6. The minimum absolute atomic E-state index is 0.202. The van der Waals surface area contributed by atoms with E-state index in [2.05, 4.69) is 30.8 Å². The molecule has 186 valence electrons. The Morgan fingerprint density at radius 3 is 2.11 bits per heavy atom. The Kier molecular flexibility index (Phi) is 10.6. The van der Waals surface area contributed by atoms with E-state index in [0.29, 0.717) is 45.2 Å². The summed E-state index contributed by atoms with van der Waals surface area (Å²) in [6, 6.07) is 20.5. The van der Waals surface area contributed by atoms with Crippen LogP contribution in [0.3, 0.4) is 0 Å². The lowest BCUT2D eigenvalue weighted by Gasteiger charge is -2.16. The number of hydrogen-bond donors (Lipinski definition) is 0. The second kappa shape index (κ2) is 14.1. The third kappa shape index (κ3) is 8.42. The summed E-state index contributed by atoms with van der Waals surface area (Å²) < 4.78 is 28.2. The highest BCUT2D eigenvalue weighted by molar-refractivity contribution is 5.94. The first-order chi connectivity index (χ1) is 17.1. The van der Waals surface area contributed by atoms with Gasteiger partial charge in [-0.3, -0.25) is 0 Å². The van der Waals surface area contributed by atoms with Crippen LogP contribution in [-0.4, -0.2) is 52.2 Å². The molecule has 0 saturated carbocycles. The third-order valence-electron chi connectivity index (χ3n) is 5.29. The van der Waals surface area contributed by atoms with Gasteiger partial charge in [0, 0.05) is 22.8 Å². The van der Waals surface area contributed by atoms with E-state index < -0.39 is 5.97 Å². The molecule has 0 radical (unpaired) electrons. The van der Waals surface area contributed by atoms with E-state index in [9.17, 15) is 4.79 Å². The fourth-order valence-corrected chi connectivity index (χ4v) is 3.52. The second-order valence-corrected chi connectivity index (χ2v) is 8.14. The molecule has 6 nitrogen and oxygen atoms in total. The molecule has 0 unspecified atom stereocenters. The number of ether oxygens (including phenoxy) is 5. The lowest BCUT2D eigenvalue weighted by Crippen LogP contribution is -2.14. The molecule has 0 aliphatic heterocycles. The Balaban J connectivity index is 1.42. The van der Waals surface area contributed by atoms with Crippen LogP contribution >= 0.6 is 0 Å². The average Bonchev–Trinajstić information content (AvgIpc) is 2.87. The SMILES string of the molecule is C=C(C)C(=O)OCCOCCOCCOc1c(C)cc(OCCc2ccccc2)c2ccccc12. The van der Waals surface area contributed by atoms with Gasteiger partial charge in [-0.15, -0.1) is 0 Å². The highest BCUT2D eigenvalue weighted by Crippen LogP contribution is 2.36. The van der Waals surface area contributed by atoms with Crippen molar-refractivity contribution in [3.05, 3.63) is 83.9 Å². The maximum Gasteiger partial charge on any atom is 0.333 e. The van der Waals surface area contributed by atoms with Crippen LogP contribution in [0.25, 0.3) is 10.8 Å². The summed E-state index contributed by atoms with van der Waals surface area (Å²) in [5, 5.41) is 2.05. The van der Waals surface area contributed by atoms with Gasteiger partial charge in [0.2, 0.25) is 0 Å².